The van der Waals surface area contributed by atoms with Gasteiger partial charge in [0.15, 0.2) is 6.04 Å². The summed E-state index contributed by atoms with van der Waals surface area (Å²) in [6, 6.07) is 0.725. The summed E-state index contributed by atoms with van der Waals surface area (Å²) in [6.45, 7) is 0. The van der Waals surface area contributed by atoms with Crippen molar-refractivity contribution in [3.63, 3.8) is 0 Å². The van der Waals surface area contributed by atoms with Crippen LogP contribution in [0.1, 0.15) is 0 Å². The number of tetrazole rings is 1. The summed E-state index contributed by atoms with van der Waals surface area (Å²) in [5.74, 6) is -1.90. The van der Waals surface area contributed by atoms with E-state index < -0.39 is 34.9 Å². The second-order valence-electron chi connectivity index (χ2n) is 6.15. The highest BCUT2D eigenvalue weighted by Gasteiger charge is 2.67. The molecule has 30 heavy (non-hydrogen) atoms. The van der Waals surface area contributed by atoms with Crippen LogP contribution in [0.5, 0.6) is 0 Å². The van der Waals surface area contributed by atoms with Crippen LogP contribution in [0.25, 0.3) is 0 Å². The van der Waals surface area contributed by atoms with Gasteiger partial charge in [-0.1, -0.05) is 11.8 Å². The quantitative estimate of drug-likeness (QED) is 0.201. The monoisotopic (exact) mass is 471 g/mol. The molecule has 0 aromatic carbocycles. The highest BCUT2D eigenvalue weighted by Crippen LogP contribution is 2.47. The molecule has 1 fully saturated rings. The summed E-state index contributed by atoms with van der Waals surface area (Å²) < 4.78 is 6.82. The number of nitrogens with zero attached hydrogens (tertiary/aromatic N) is 6. The molecule has 2 aliphatic heterocycles. The van der Waals surface area contributed by atoms with E-state index in [0.717, 1.165) is 11.8 Å². The molecule has 15 heteroatoms. The Balaban J connectivity index is 1.76. The first-order chi connectivity index (χ1) is 14.4. The first kappa shape index (κ1) is 22.4. The van der Waals surface area contributed by atoms with Crippen molar-refractivity contribution in [2.75, 3.05) is 24.4 Å². The molecule has 1 saturated heterocycles. The van der Waals surface area contributed by atoms with Crippen LogP contribution in [0.3, 0.4) is 0 Å². The summed E-state index contributed by atoms with van der Waals surface area (Å²) in [5, 5.41) is 33.5. The van der Waals surface area contributed by atoms with Crippen LogP contribution in [0, 0.1) is 11.3 Å². The molecule has 3 heterocycles. The molecule has 12 nitrogen and oxygen atoms in total. The number of thioether (sulfide) groups is 3. The molecule has 160 valence electrons. The minimum absolute atomic E-state index is 0.0187. The number of amides is 2. The zero-order chi connectivity index (χ0) is 21.9. The number of fused-ring (bicyclic) bond motifs is 1. The lowest BCUT2D eigenvalue weighted by Gasteiger charge is -2.57. The van der Waals surface area contributed by atoms with Gasteiger partial charge in [0.25, 0.3) is 11.6 Å². The summed E-state index contributed by atoms with van der Waals surface area (Å²) in [5.41, 5.74) is -1.14. The van der Waals surface area contributed by atoms with E-state index in [4.69, 9.17) is 10.00 Å². The van der Waals surface area contributed by atoms with Gasteiger partial charge in [0.2, 0.25) is 11.1 Å². The van der Waals surface area contributed by atoms with Crippen LogP contribution >= 0.6 is 35.3 Å². The number of hydrogen-bond acceptors (Lipinski definition) is 11. The Morgan fingerprint density at radius 2 is 2.30 bits per heavy atom. The molecule has 3 rings (SSSR count). The van der Waals surface area contributed by atoms with Crippen LogP contribution in [0.4, 0.5) is 0 Å². The topological polar surface area (TPSA) is 163 Å². The van der Waals surface area contributed by atoms with Crippen molar-refractivity contribution in [3.8, 4) is 6.07 Å². The molecular weight excluding hydrogens is 454 g/mol. The third-order valence-corrected chi connectivity index (χ3v) is 7.50. The van der Waals surface area contributed by atoms with Crippen molar-refractivity contribution in [2.45, 2.75) is 22.3 Å². The highest BCUT2D eigenvalue weighted by atomic mass is 32.2. The smallest absolute Gasteiger partial charge is 0.330 e. The van der Waals surface area contributed by atoms with E-state index in [2.05, 4.69) is 20.8 Å². The van der Waals surface area contributed by atoms with Crippen LogP contribution in [-0.4, -0.2) is 89.5 Å². The average Bonchev–Trinajstić information content (AvgIpc) is 3.14. The van der Waals surface area contributed by atoms with Crippen LogP contribution < -0.4 is 5.32 Å². The van der Waals surface area contributed by atoms with Gasteiger partial charge < -0.3 is 20.1 Å². The van der Waals surface area contributed by atoms with E-state index in [9.17, 15) is 19.5 Å². The number of aliphatic carboxylic acids is 1. The number of nitriles is 1. The Hall–Kier alpha value is -2.28. The number of nitrogens with one attached hydrogen (secondary N) is 1. The number of aromatic nitrogens is 4. The molecule has 0 aliphatic carbocycles. The number of aryl methyl sites for hydroxylation is 1. The lowest BCUT2D eigenvalue weighted by atomic mass is 9.95. The fourth-order valence-corrected chi connectivity index (χ4v) is 5.73. The van der Waals surface area contributed by atoms with E-state index in [1.54, 1.807) is 12.5 Å². The first-order valence-electron chi connectivity index (χ1n) is 8.41. The number of hydrogen-bond donors (Lipinski definition) is 2. The molecule has 2 aliphatic rings. The zero-order valence-corrected chi connectivity index (χ0v) is 18.3. The van der Waals surface area contributed by atoms with Gasteiger partial charge in [0, 0.05) is 19.9 Å². The molecule has 2 amide bonds. The summed E-state index contributed by atoms with van der Waals surface area (Å²) in [4.78, 5) is 38.3. The molecule has 0 bridgehead atoms. The van der Waals surface area contributed by atoms with Gasteiger partial charge in [-0.2, -0.15) is 5.26 Å². The van der Waals surface area contributed by atoms with Crippen LogP contribution in [0.15, 0.2) is 16.1 Å². The normalized spacial score (nSPS) is 25.0. The number of ether oxygens (including phenoxy) is 1. The standard InChI is InChI=1S/C15H17N7O5S3/c1-21-14(18-19-20-21)30-6-8-5-29-13-15(27-2,17-9(23)7-28-4-3-16)12(26)22(13)10(8)11(24)25/h5,10,13H,4,6-7H2,1-2H3,(H,17,23)(H,24,25)/t10?,13-,15+/m0/s1. The molecule has 0 saturated carbocycles. The number of methoxy groups -OCH3 is 1. The molecule has 1 aromatic heterocycles. The molecule has 0 spiro atoms. The minimum Gasteiger partial charge on any atom is -0.479 e. The van der Waals surface area contributed by atoms with Crippen LogP contribution in [-0.2, 0) is 26.2 Å². The number of carboxylic acids is 1. The lowest BCUT2D eigenvalue weighted by Crippen LogP contribution is -2.83. The fourth-order valence-electron chi connectivity index (χ4n) is 3.01. The van der Waals surface area contributed by atoms with E-state index >= 15 is 0 Å². The first-order valence-corrected chi connectivity index (χ1v) is 11.5. The maximum atomic E-state index is 12.9. The second kappa shape index (κ2) is 9.25. The predicted molar refractivity (Wildman–Crippen MR) is 108 cm³/mol. The van der Waals surface area contributed by atoms with Gasteiger partial charge in [0.1, 0.15) is 5.37 Å². The van der Waals surface area contributed by atoms with Gasteiger partial charge in [-0.05, 0) is 21.4 Å². The van der Waals surface area contributed by atoms with Crippen molar-refractivity contribution < 1.29 is 24.2 Å². The minimum atomic E-state index is -1.65. The fraction of sp³-hybridized carbons (Fsp3) is 0.533. The second-order valence-corrected chi connectivity index (χ2v) is 9.03. The molecule has 2 N–H and O–H groups in total. The number of carbonyl (C=O) groups is 3. The molecule has 1 aromatic rings. The number of carbonyl (C=O) groups excluding carboxylic acids is 2. The van der Waals surface area contributed by atoms with Gasteiger partial charge in [-0.15, -0.1) is 28.6 Å². The van der Waals surface area contributed by atoms with Crippen molar-refractivity contribution in [1.29, 1.82) is 5.26 Å². The molecule has 0 radical (unpaired) electrons. The van der Waals surface area contributed by atoms with Crippen LogP contribution in [0.2, 0.25) is 0 Å². The number of β-lactam (4-membered cyclic amide) rings is 1. The summed E-state index contributed by atoms with van der Waals surface area (Å²) in [7, 11) is 2.95. The van der Waals surface area contributed by atoms with Crippen molar-refractivity contribution in [2.24, 2.45) is 7.05 Å². The SMILES string of the molecule is CO[C@]1(NC(=O)CSCC#N)C(=O)N2C(C(=O)O)C(CSc3nnnn3C)=CS[C@H]21. The maximum Gasteiger partial charge on any atom is 0.330 e. The summed E-state index contributed by atoms with van der Waals surface area (Å²) >= 11 is 3.55. The Kier molecular flexibility index (Phi) is 6.91. The Bertz CT molecular complexity index is 932. The Morgan fingerprint density at radius 3 is 2.90 bits per heavy atom. The predicted octanol–water partition coefficient (Wildman–Crippen LogP) is -0.730. The Labute approximate surface area is 183 Å². The van der Waals surface area contributed by atoms with Crippen molar-refractivity contribution in [3.05, 3.63) is 11.0 Å². The number of rotatable bonds is 9. The third-order valence-electron chi connectivity index (χ3n) is 4.36. The van der Waals surface area contributed by atoms with Crippen molar-refractivity contribution >= 4 is 53.1 Å². The maximum absolute atomic E-state index is 12.9. The highest BCUT2D eigenvalue weighted by molar-refractivity contribution is 8.03. The van der Waals surface area contributed by atoms with Gasteiger partial charge in [-0.25, -0.2) is 9.48 Å². The third kappa shape index (κ3) is 4.00. The average molecular weight is 472 g/mol. The molecule has 3 atom stereocenters. The summed E-state index contributed by atoms with van der Waals surface area (Å²) in [6.07, 6.45) is 0. The molecule has 1 unspecified atom stereocenters. The number of carboxylic acid groups (broad SMARTS) is 1. The van der Waals surface area contributed by atoms with E-state index in [0.29, 0.717) is 10.7 Å². The largest absolute Gasteiger partial charge is 0.479 e. The van der Waals surface area contributed by atoms with Crippen molar-refractivity contribution in [1.82, 2.24) is 30.4 Å². The van der Waals surface area contributed by atoms with E-state index in [1.165, 1.54) is 40.2 Å². The van der Waals surface area contributed by atoms with E-state index in [-0.39, 0.29) is 17.3 Å². The van der Waals surface area contributed by atoms with Gasteiger partial charge in [0.05, 0.1) is 17.6 Å². The Morgan fingerprint density at radius 1 is 1.53 bits per heavy atom. The van der Waals surface area contributed by atoms with E-state index in [1.807, 2.05) is 6.07 Å². The zero-order valence-electron chi connectivity index (χ0n) is 15.8. The van der Waals surface area contributed by atoms with Gasteiger partial charge in [-0.3, -0.25) is 9.59 Å². The molecular formula is C15H17N7O5S3. The lowest BCUT2D eigenvalue weighted by molar-refractivity contribution is -0.201. The van der Waals surface area contributed by atoms with Gasteiger partial charge >= 0.3 is 5.97 Å².